The predicted octanol–water partition coefficient (Wildman–Crippen LogP) is 3.53. The van der Waals surface area contributed by atoms with Crippen LogP contribution in [0.3, 0.4) is 0 Å². The first-order valence-corrected chi connectivity index (χ1v) is 10.8. The molecule has 1 N–H and O–H groups in total. The number of hydrogen-bond acceptors (Lipinski definition) is 5. The summed E-state index contributed by atoms with van der Waals surface area (Å²) in [5.41, 5.74) is 3.31. The zero-order chi connectivity index (χ0) is 21.5. The van der Waals surface area contributed by atoms with Crippen LogP contribution in [0, 0.1) is 6.92 Å². The van der Waals surface area contributed by atoms with Gasteiger partial charge in [0, 0.05) is 18.6 Å². The summed E-state index contributed by atoms with van der Waals surface area (Å²) in [5.74, 6) is 1.09. The molecule has 0 bridgehead atoms. The van der Waals surface area contributed by atoms with Crippen LogP contribution >= 0.6 is 11.6 Å². The van der Waals surface area contributed by atoms with Crippen LogP contribution in [0.5, 0.6) is 5.75 Å². The van der Waals surface area contributed by atoms with E-state index >= 15 is 0 Å². The fourth-order valence-electron chi connectivity index (χ4n) is 4.43. The quantitative estimate of drug-likeness (QED) is 0.674. The Morgan fingerprint density at radius 1 is 1.32 bits per heavy atom. The van der Waals surface area contributed by atoms with Crippen molar-refractivity contribution < 1.29 is 14.6 Å². The summed E-state index contributed by atoms with van der Waals surface area (Å²) in [4.78, 5) is 23.4. The highest BCUT2D eigenvalue weighted by atomic mass is 35.5. The molecule has 0 spiro atoms. The largest absolute Gasteiger partial charge is 0.471 e. The van der Waals surface area contributed by atoms with E-state index in [4.69, 9.17) is 16.3 Å². The predicted molar refractivity (Wildman–Crippen MR) is 116 cm³/mol. The monoisotopic (exact) mass is 438 g/mol. The highest BCUT2D eigenvalue weighted by molar-refractivity contribution is 6.33. The van der Waals surface area contributed by atoms with Crippen LogP contribution in [0.1, 0.15) is 46.3 Å². The molecule has 8 heteroatoms. The number of aliphatic hydroxyl groups is 1. The van der Waals surface area contributed by atoms with Crippen molar-refractivity contribution in [1.29, 1.82) is 0 Å². The molecule has 2 atom stereocenters. The number of hydrogen-bond donors (Lipinski definition) is 1. The third-order valence-electron chi connectivity index (χ3n) is 6.23. The van der Waals surface area contributed by atoms with Gasteiger partial charge in [-0.1, -0.05) is 17.7 Å². The van der Waals surface area contributed by atoms with E-state index in [0.717, 1.165) is 35.3 Å². The van der Waals surface area contributed by atoms with E-state index in [0.29, 0.717) is 29.2 Å². The second kappa shape index (κ2) is 7.98. The average molecular weight is 439 g/mol. The molecule has 5 rings (SSSR count). The van der Waals surface area contributed by atoms with Crippen LogP contribution in [0.2, 0.25) is 5.02 Å². The number of imidazole rings is 1. The van der Waals surface area contributed by atoms with Gasteiger partial charge < -0.3 is 9.84 Å². The first-order chi connectivity index (χ1) is 15.0. The van der Waals surface area contributed by atoms with Crippen molar-refractivity contribution in [3.05, 3.63) is 70.4 Å². The summed E-state index contributed by atoms with van der Waals surface area (Å²) >= 11 is 6.61. The van der Waals surface area contributed by atoms with E-state index in [-0.39, 0.29) is 18.7 Å². The Kier molecular flexibility index (Phi) is 5.16. The second-order valence-electron chi connectivity index (χ2n) is 8.14. The molecule has 2 aromatic heterocycles. The van der Waals surface area contributed by atoms with Crippen LogP contribution in [0.15, 0.2) is 43.1 Å². The Labute approximate surface area is 185 Å². The SMILES string of the molecule is Cc1c(Cc2ccc(-n3ccnc3)nc2)cc2c(c1Cl)OCN([C@H]1CCC[C@@H]1O)C2=O. The maximum atomic E-state index is 13.2. The maximum absolute atomic E-state index is 13.2. The molecule has 31 heavy (non-hydrogen) atoms. The molecule has 0 saturated heterocycles. The molecule has 160 valence electrons. The number of amides is 1. The van der Waals surface area contributed by atoms with E-state index in [1.165, 1.54) is 0 Å². The normalized spacial score (nSPS) is 20.6. The zero-order valence-corrected chi connectivity index (χ0v) is 17.9. The summed E-state index contributed by atoms with van der Waals surface area (Å²) in [7, 11) is 0. The average Bonchev–Trinajstić information content (AvgIpc) is 3.45. The van der Waals surface area contributed by atoms with Crippen molar-refractivity contribution in [2.75, 3.05) is 6.73 Å². The lowest BCUT2D eigenvalue weighted by Gasteiger charge is -2.35. The lowest BCUT2D eigenvalue weighted by molar-refractivity contribution is 0.0127. The van der Waals surface area contributed by atoms with E-state index < -0.39 is 6.10 Å². The van der Waals surface area contributed by atoms with Crippen molar-refractivity contribution in [3.8, 4) is 11.6 Å². The van der Waals surface area contributed by atoms with Gasteiger partial charge in [0.2, 0.25) is 0 Å². The molecule has 0 unspecified atom stereocenters. The molecule has 2 aliphatic rings. The van der Waals surface area contributed by atoms with Gasteiger partial charge in [-0.2, -0.15) is 0 Å². The number of carbonyl (C=O) groups is 1. The van der Waals surface area contributed by atoms with Gasteiger partial charge in [-0.3, -0.25) is 14.3 Å². The van der Waals surface area contributed by atoms with Crippen LogP contribution < -0.4 is 4.74 Å². The highest BCUT2D eigenvalue weighted by Crippen LogP contribution is 2.39. The number of rotatable bonds is 4. The fourth-order valence-corrected chi connectivity index (χ4v) is 4.71. The minimum absolute atomic E-state index is 0.117. The van der Waals surface area contributed by atoms with Gasteiger partial charge in [-0.15, -0.1) is 0 Å². The first-order valence-electron chi connectivity index (χ1n) is 10.4. The third-order valence-corrected chi connectivity index (χ3v) is 6.68. The number of aliphatic hydroxyl groups excluding tert-OH is 1. The second-order valence-corrected chi connectivity index (χ2v) is 8.51. The summed E-state index contributed by atoms with van der Waals surface area (Å²) in [6.45, 7) is 2.05. The summed E-state index contributed by atoms with van der Waals surface area (Å²) in [6, 6.07) is 5.61. The van der Waals surface area contributed by atoms with Crippen LogP contribution in [0.4, 0.5) is 0 Å². The standard InChI is InChI=1S/C23H23ClN4O3/c1-14-16(9-15-5-6-20(26-11-15)27-8-7-25-12-27)10-17-22(21(14)24)31-13-28(23(17)30)18-3-2-4-19(18)29/h5-8,10-12,18-19,29H,2-4,9,13H2,1H3/t18-,19-/m0/s1. The molecule has 1 saturated carbocycles. The number of ether oxygens (including phenoxy) is 1. The van der Waals surface area contributed by atoms with Crippen LogP contribution in [0.25, 0.3) is 5.82 Å². The molecule has 1 amide bonds. The van der Waals surface area contributed by atoms with Gasteiger partial charge in [-0.05, 0) is 61.4 Å². The van der Waals surface area contributed by atoms with Gasteiger partial charge in [0.05, 0.1) is 22.7 Å². The van der Waals surface area contributed by atoms with Crippen molar-refractivity contribution in [1.82, 2.24) is 19.4 Å². The van der Waals surface area contributed by atoms with Crippen molar-refractivity contribution >= 4 is 17.5 Å². The van der Waals surface area contributed by atoms with Crippen molar-refractivity contribution in [2.24, 2.45) is 0 Å². The van der Waals surface area contributed by atoms with Crippen LogP contribution in [-0.4, -0.2) is 49.3 Å². The van der Waals surface area contributed by atoms with E-state index in [1.54, 1.807) is 17.4 Å². The molecule has 7 nitrogen and oxygen atoms in total. The van der Waals surface area contributed by atoms with Gasteiger partial charge >= 0.3 is 0 Å². The number of carbonyl (C=O) groups excluding carboxylic acids is 1. The highest BCUT2D eigenvalue weighted by Gasteiger charge is 2.38. The number of fused-ring (bicyclic) bond motifs is 1. The number of benzene rings is 1. The maximum Gasteiger partial charge on any atom is 0.260 e. The topological polar surface area (TPSA) is 80.5 Å². The van der Waals surface area contributed by atoms with E-state index in [1.807, 2.05) is 42.1 Å². The summed E-state index contributed by atoms with van der Waals surface area (Å²) in [5, 5.41) is 10.7. The molecule has 1 aliphatic carbocycles. The number of aromatic nitrogens is 3. The molecule has 1 aliphatic heterocycles. The van der Waals surface area contributed by atoms with Crippen molar-refractivity contribution in [2.45, 2.75) is 44.8 Å². The molecular formula is C23H23ClN4O3. The van der Waals surface area contributed by atoms with Gasteiger partial charge in [0.15, 0.2) is 12.5 Å². The molecule has 1 aromatic carbocycles. The molecule has 3 heterocycles. The Morgan fingerprint density at radius 3 is 2.87 bits per heavy atom. The summed E-state index contributed by atoms with van der Waals surface area (Å²) in [6.07, 6.45) is 9.57. The Bertz CT molecular complexity index is 1110. The van der Waals surface area contributed by atoms with Crippen LogP contribution in [-0.2, 0) is 6.42 Å². The number of pyridine rings is 1. The van der Waals surface area contributed by atoms with Crippen molar-refractivity contribution in [3.63, 3.8) is 0 Å². The van der Waals surface area contributed by atoms with Gasteiger partial charge in [0.1, 0.15) is 12.1 Å². The lowest BCUT2D eigenvalue weighted by atomic mass is 9.96. The molecule has 1 fully saturated rings. The Morgan fingerprint density at radius 2 is 2.19 bits per heavy atom. The number of nitrogens with zero attached hydrogens (tertiary/aromatic N) is 4. The molecule has 0 radical (unpaired) electrons. The third kappa shape index (κ3) is 3.58. The molecule has 3 aromatic rings. The minimum atomic E-state index is -0.505. The number of halogens is 1. The minimum Gasteiger partial charge on any atom is -0.471 e. The Hall–Kier alpha value is -2.90. The Balaban J connectivity index is 1.43. The van der Waals surface area contributed by atoms with Gasteiger partial charge in [-0.25, -0.2) is 9.97 Å². The zero-order valence-electron chi connectivity index (χ0n) is 17.2. The van der Waals surface area contributed by atoms with Gasteiger partial charge in [0.25, 0.3) is 5.91 Å². The smallest absolute Gasteiger partial charge is 0.260 e. The fraction of sp³-hybridized carbons (Fsp3) is 0.348. The lowest BCUT2D eigenvalue weighted by Crippen LogP contribution is -2.48. The first kappa shape index (κ1) is 20.0. The summed E-state index contributed by atoms with van der Waals surface area (Å²) < 4.78 is 7.72. The van der Waals surface area contributed by atoms with E-state index in [9.17, 15) is 9.90 Å². The van der Waals surface area contributed by atoms with E-state index in [2.05, 4.69) is 9.97 Å². The molecular weight excluding hydrogens is 416 g/mol.